The Morgan fingerprint density at radius 1 is 0.931 bits per heavy atom. The first-order valence-corrected chi connectivity index (χ1v) is 8.84. The molecular weight excluding hydrogens is 386 g/mol. The molecule has 3 rings (SSSR count). The molecule has 0 saturated carbocycles. The van der Waals surface area contributed by atoms with E-state index in [1.54, 1.807) is 60.7 Å². The lowest BCUT2D eigenvalue weighted by molar-refractivity contribution is 0.102. The van der Waals surface area contributed by atoms with Crippen LogP contribution in [-0.2, 0) is 0 Å². The van der Waals surface area contributed by atoms with Crippen LogP contribution < -0.4 is 10.6 Å². The number of terminal acetylenes is 1. The molecule has 0 aliphatic carbocycles. The van der Waals surface area contributed by atoms with Crippen molar-refractivity contribution in [2.75, 3.05) is 10.6 Å². The fraction of sp³-hybridized carbons (Fsp3) is 0. The lowest BCUT2D eigenvalue weighted by Crippen LogP contribution is -2.18. The van der Waals surface area contributed by atoms with E-state index in [-0.39, 0.29) is 5.56 Å². The van der Waals surface area contributed by atoms with Gasteiger partial charge in [-0.15, -0.1) is 6.42 Å². The fourth-order valence-corrected chi connectivity index (χ4v) is 2.72. The van der Waals surface area contributed by atoms with Gasteiger partial charge in [-0.05, 0) is 42.5 Å². The second-order valence-electron chi connectivity index (χ2n) is 5.98. The largest absolute Gasteiger partial charge is 0.322 e. The summed E-state index contributed by atoms with van der Waals surface area (Å²) < 4.78 is 0. The van der Waals surface area contributed by atoms with Crippen LogP contribution in [-0.4, -0.2) is 11.8 Å². The van der Waals surface area contributed by atoms with E-state index in [1.165, 1.54) is 6.07 Å². The first-order valence-electron chi connectivity index (χ1n) is 8.46. The second kappa shape index (κ2) is 8.75. The number of benzene rings is 3. The first-order chi connectivity index (χ1) is 14.0. The molecule has 6 heteroatoms. The quantitative estimate of drug-likeness (QED) is 0.457. The molecule has 0 atom stereocenters. The normalized spacial score (nSPS) is 9.76. The molecule has 5 nitrogen and oxygen atoms in total. The average Bonchev–Trinajstić information content (AvgIpc) is 2.75. The Hall–Kier alpha value is -4.06. The molecule has 3 aromatic carbocycles. The highest BCUT2D eigenvalue weighted by Gasteiger charge is 2.15. The highest BCUT2D eigenvalue weighted by Crippen LogP contribution is 2.23. The lowest BCUT2D eigenvalue weighted by Gasteiger charge is -2.12. The van der Waals surface area contributed by atoms with Gasteiger partial charge in [0.2, 0.25) is 0 Å². The Bertz CT molecular complexity index is 1150. The SMILES string of the molecule is [C-]#[N+]c1ccc(C(=O)Nc2ccc(Cl)cc2C(=O)Nc2ccc(C#C)cc2)cc1. The smallest absolute Gasteiger partial charge is 0.257 e. The molecule has 29 heavy (non-hydrogen) atoms. The van der Waals surface area contributed by atoms with Crippen LogP contribution in [0.15, 0.2) is 66.7 Å². The zero-order valence-electron chi connectivity index (χ0n) is 15.1. The Balaban J connectivity index is 1.82. The Labute approximate surface area is 173 Å². The summed E-state index contributed by atoms with van der Waals surface area (Å²) in [6, 6.07) is 17.6. The molecule has 2 N–H and O–H groups in total. The van der Waals surface area contributed by atoms with Crippen molar-refractivity contribution in [3.05, 3.63) is 99.9 Å². The molecule has 0 aromatic heterocycles. The lowest BCUT2D eigenvalue weighted by atomic mass is 10.1. The predicted molar refractivity (Wildman–Crippen MR) is 114 cm³/mol. The Morgan fingerprint density at radius 2 is 1.62 bits per heavy atom. The van der Waals surface area contributed by atoms with Crippen molar-refractivity contribution in [1.29, 1.82) is 0 Å². The monoisotopic (exact) mass is 399 g/mol. The van der Waals surface area contributed by atoms with E-state index in [2.05, 4.69) is 21.4 Å². The van der Waals surface area contributed by atoms with E-state index in [9.17, 15) is 9.59 Å². The number of nitrogens with zero attached hydrogens (tertiary/aromatic N) is 1. The summed E-state index contributed by atoms with van der Waals surface area (Å²) in [6.45, 7) is 6.97. The molecule has 0 aliphatic rings. The summed E-state index contributed by atoms with van der Waals surface area (Å²) in [5.41, 5.74) is 2.58. The van der Waals surface area contributed by atoms with E-state index in [0.29, 0.717) is 33.2 Å². The van der Waals surface area contributed by atoms with Gasteiger partial charge in [-0.25, -0.2) is 4.85 Å². The van der Waals surface area contributed by atoms with Crippen molar-refractivity contribution in [1.82, 2.24) is 0 Å². The summed E-state index contributed by atoms with van der Waals surface area (Å²) in [5, 5.41) is 5.83. The van der Waals surface area contributed by atoms with Crippen LogP contribution in [0.25, 0.3) is 4.85 Å². The van der Waals surface area contributed by atoms with Crippen LogP contribution in [0.2, 0.25) is 5.02 Å². The molecule has 0 saturated heterocycles. The van der Waals surface area contributed by atoms with E-state index in [1.807, 2.05) is 0 Å². The number of carbonyl (C=O) groups is 2. The van der Waals surface area contributed by atoms with E-state index < -0.39 is 11.8 Å². The van der Waals surface area contributed by atoms with Gasteiger partial charge >= 0.3 is 0 Å². The third-order valence-electron chi connectivity index (χ3n) is 4.04. The number of hydrogen-bond donors (Lipinski definition) is 2. The van der Waals surface area contributed by atoms with Crippen LogP contribution in [0.1, 0.15) is 26.3 Å². The van der Waals surface area contributed by atoms with Crippen LogP contribution in [0.3, 0.4) is 0 Å². The fourth-order valence-electron chi connectivity index (χ4n) is 2.54. The standard InChI is InChI=1S/C23H14ClN3O2/c1-3-15-4-9-19(10-5-15)26-23(29)20-14-17(24)8-13-21(20)27-22(28)16-6-11-18(25-2)12-7-16/h1,4-14H,(H,26,29)(H,27,28). The highest BCUT2D eigenvalue weighted by molar-refractivity contribution is 6.31. The maximum atomic E-state index is 12.7. The number of halogens is 1. The molecular formula is C23H14ClN3O2. The minimum absolute atomic E-state index is 0.213. The van der Waals surface area contributed by atoms with Gasteiger partial charge in [-0.2, -0.15) is 0 Å². The minimum Gasteiger partial charge on any atom is -0.322 e. The molecule has 0 bridgehead atoms. The van der Waals surface area contributed by atoms with Crippen LogP contribution in [0, 0.1) is 18.9 Å². The number of amides is 2. The maximum Gasteiger partial charge on any atom is 0.257 e. The molecule has 140 valence electrons. The maximum absolute atomic E-state index is 12.7. The van der Waals surface area contributed by atoms with Gasteiger partial charge in [0, 0.05) is 21.8 Å². The molecule has 0 unspecified atom stereocenters. The van der Waals surface area contributed by atoms with Crippen LogP contribution in [0.5, 0.6) is 0 Å². The van der Waals surface area contributed by atoms with Gasteiger partial charge in [-0.1, -0.05) is 41.8 Å². The number of nitrogens with one attached hydrogen (secondary N) is 2. The number of hydrogen-bond acceptors (Lipinski definition) is 2. The van der Waals surface area contributed by atoms with Crippen molar-refractivity contribution in [2.45, 2.75) is 0 Å². The predicted octanol–water partition coefficient (Wildman–Crippen LogP) is 5.38. The van der Waals surface area contributed by atoms with Crippen molar-refractivity contribution < 1.29 is 9.59 Å². The topological polar surface area (TPSA) is 62.6 Å². The van der Waals surface area contributed by atoms with Gasteiger partial charge < -0.3 is 10.6 Å². The summed E-state index contributed by atoms with van der Waals surface area (Å²) in [6.07, 6.45) is 5.33. The third-order valence-corrected chi connectivity index (χ3v) is 4.28. The minimum atomic E-state index is -0.431. The molecule has 2 amide bonds. The van der Waals surface area contributed by atoms with Crippen LogP contribution >= 0.6 is 11.6 Å². The molecule has 0 aliphatic heterocycles. The Morgan fingerprint density at radius 3 is 2.24 bits per heavy atom. The highest BCUT2D eigenvalue weighted by atomic mass is 35.5. The number of anilines is 2. The number of carbonyl (C=O) groups excluding carboxylic acids is 2. The van der Waals surface area contributed by atoms with Gasteiger partial charge in [0.05, 0.1) is 17.8 Å². The van der Waals surface area contributed by atoms with Crippen molar-refractivity contribution >= 4 is 40.5 Å². The first kappa shape index (κ1) is 19.7. The number of rotatable bonds is 4. The molecule has 0 heterocycles. The zero-order chi connectivity index (χ0) is 20.8. The van der Waals surface area contributed by atoms with Gasteiger partial charge in [0.25, 0.3) is 11.8 Å². The molecule has 0 fully saturated rings. The van der Waals surface area contributed by atoms with Gasteiger partial charge in [-0.3, -0.25) is 9.59 Å². The van der Waals surface area contributed by atoms with Gasteiger partial charge in [0.1, 0.15) is 0 Å². The summed E-state index contributed by atoms with van der Waals surface area (Å²) in [5.74, 6) is 1.67. The second-order valence-corrected chi connectivity index (χ2v) is 6.41. The third kappa shape index (κ3) is 4.81. The van der Waals surface area contributed by atoms with Crippen molar-refractivity contribution in [2.24, 2.45) is 0 Å². The summed E-state index contributed by atoms with van der Waals surface area (Å²) >= 11 is 6.05. The van der Waals surface area contributed by atoms with Crippen LogP contribution in [0.4, 0.5) is 17.1 Å². The van der Waals surface area contributed by atoms with Crippen molar-refractivity contribution in [3.63, 3.8) is 0 Å². The van der Waals surface area contributed by atoms with E-state index in [4.69, 9.17) is 24.6 Å². The summed E-state index contributed by atoms with van der Waals surface area (Å²) in [7, 11) is 0. The van der Waals surface area contributed by atoms with E-state index in [0.717, 1.165) is 0 Å². The zero-order valence-corrected chi connectivity index (χ0v) is 15.8. The summed E-state index contributed by atoms with van der Waals surface area (Å²) in [4.78, 5) is 28.6. The Kier molecular flexibility index (Phi) is 5.94. The molecule has 0 spiro atoms. The van der Waals surface area contributed by atoms with Crippen molar-refractivity contribution in [3.8, 4) is 12.3 Å². The molecule has 0 radical (unpaired) electrons. The van der Waals surface area contributed by atoms with Gasteiger partial charge in [0.15, 0.2) is 5.69 Å². The van der Waals surface area contributed by atoms with E-state index >= 15 is 0 Å². The molecule has 3 aromatic rings. The average molecular weight is 400 g/mol.